The smallest absolute Gasteiger partial charge is 0.408 e. The molecular formula is C36H46N4O3. The number of nitrogens with zero attached hydrogens (tertiary/aromatic N) is 2. The first-order valence-corrected chi connectivity index (χ1v) is 14.8. The molecule has 2 amide bonds. The van der Waals surface area contributed by atoms with E-state index in [9.17, 15) is 9.59 Å². The molecule has 1 unspecified atom stereocenters. The lowest BCUT2D eigenvalue weighted by molar-refractivity contribution is -0.124. The van der Waals surface area contributed by atoms with Gasteiger partial charge in [0.1, 0.15) is 17.2 Å². The molecule has 0 fully saturated rings. The molecule has 7 heteroatoms. The van der Waals surface area contributed by atoms with Gasteiger partial charge < -0.3 is 19.9 Å². The number of amides is 2. The van der Waals surface area contributed by atoms with E-state index in [0.29, 0.717) is 5.69 Å². The highest BCUT2D eigenvalue weighted by atomic mass is 16.6. The number of benzene rings is 2. The molecule has 0 spiro atoms. The van der Waals surface area contributed by atoms with Gasteiger partial charge in [0.05, 0.1) is 12.0 Å². The molecule has 1 aromatic heterocycles. The van der Waals surface area contributed by atoms with Gasteiger partial charge >= 0.3 is 6.09 Å². The Hall–Kier alpha value is -4.39. The zero-order valence-corrected chi connectivity index (χ0v) is 26.6. The van der Waals surface area contributed by atoms with E-state index in [1.54, 1.807) is 33.2 Å². The van der Waals surface area contributed by atoms with Crippen LogP contribution in [0.2, 0.25) is 0 Å². The van der Waals surface area contributed by atoms with Crippen molar-refractivity contribution in [3.63, 3.8) is 0 Å². The van der Waals surface area contributed by atoms with Gasteiger partial charge in [-0.1, -0.05) is 98.5 Å². The Kier molecular flexibility index (Phi) is 10.9. The van der Waals surface area contributed by atoms with Gasteiger partial charge in [-0.2, -0.15) is 0 Å². The van der Waals surface area contributed by atoms with Gasteiger partial charge in [-0.05, 0) is 64.7 Å². The van der Waals surface area contributed by atoms with Crippen molar-refractivity contribution in [2.24, 2.45) is 0 Å². The van der Waals surface area contributed by atoms with Crippen LogP contribution in [0.5, 0.6) is 0 Å². The van der Waals surface area contributed by atoms with Gasteiger partial charge in [-0.15, -0.1) is 0 Å². The average molecular weight is 583 g/mol. The lowest BCUT2D eigenvalue weighted by atomic mass is 9.75. The van der Waals surface area contributed by atoms with Gasteiger partial charge in [-0.25, -0.2) is 9.78 Å². The van der Waals surface area contributed by atoms with Crippen LogP contribution in [0.3, 0.4) is 0 Å². The number of imidazole rings is 1. The predicted molar refractivity (Wildman–Crippen MR) is 174 cm³/mol. The number of carbonyl (C=O) groups is 2. The van der Waals surface area contributed by atoms with Gasteiger partial charge in [0.25, 0.3) is 0 Å². The number of hydrogen-bond acceptors (Lipinski definition) is 4. The number of aromatic nitrogens is 2. The summed E-state index contributed by atoms with van der Waals surface area (Å²) in [4.78, 5) is 31.1. The minimum Gasteiger partial charge on any atom is -0.444 e. The largest absolute Gasteiger partial charge is 0.444 e. The Bertz CT molecular complexity index is 1390. The Morgan fingerprint density at radius 2 is 1.58 bits per heavy atom. The molecule has 1 heterocycles. The zero-order valence-electron chi connectivity index (χ0n) is 26.6. The Morgan fingerprint density at radius 1 is 1.00 bits per heavy atom. The van der Waals surface area contributed by atoms with Crippen LogP contribution in [0.1, 0.15) is 71.7 Å². The fourth-order valence-corrected chi connectivity index (χ4v) is 4.94. The van der Waals surface area contributed by atoms with Crippen LogP contribution >= 0.6 is 0 Å². The van der Waals surface area contributed by atoms with Crippen molar-refractivity contribution in [2.45, 2.75) is 84.0 Å². The highest BCUT2D eigenvalue weighted by Gasteiger charge is 2.39. The molecule has 7 nitrogen and oxygen atoms in total. The molecule has 0 bridgehead atoms. The minimum atomic E-state index is -0.898. The topological polar surface area (TPSA) is 85.2 Å². The lowest BCUT2D eigenvalue weighted by Crippen LogP contribution is -2.54. The van der Waals surface area contributed by atoms with Crippen LogP contribution in [0.15, 0.2) is 110 Å². The summed E-state index contributed by atoms with van der Waals surface area (Å²) in [5.41, 5.74) is 1.73. The fourth-order valence-electron chi connectivity index (χ4n) is 4.94. The monoisotopic (exact) mass is 582 g/mol. The molecule has 2 aromatic carbocycles. The fraction of sp³-hybridized carbons (Fsp3) is 0.361. The van der Waals surface area contributed by atoms with Crippen molar-refractivity contribution >= 4 is 12.0 Å². The van der Waals surface area contributed by atoms with E-state index in [0.717, 1.165) is 23.1 Å². The number of allylic oxidation sites excluding steroid dienone is 5. The highest BCUT2D eigenvalue weighted by Crippen LogP contribution is 2.41. The second kappa shape index (κ2) is 14.2. The number of nitrogens with one attached hydrogen (secondary N) is 2. The number of rotatable bonds is 12. The molecule has 228 valence electrons. The van der Waals surface area contributed by atoms with Gasteiger partial charge in [0.15, 0.2) is 0 Å². The van der Waals surface area contributed by atoms with E-state index in [2.05, 4.69) is 52.1 Å². The summed E-state index contributed by atoms with van der Waals surface area (Å²) in [5, 5.41) is 5.85. The van der Waals surface area contributed by atoms with E-state index in [1.165, 1.54) is 0 Å². The minimum absolute atomic E-state index is 0.168. The van der Waals surface area contributed by atoms with Crippen LogP contribution in [-0.4, -0.2) is 38.7 Å². The maximum Gasteiger partial charge on any atom is 0.408 e. The van der Waals surface area contributed by atoms with Gasteiger partial charge in [0.2, 0.25) is 5.91 Å². The Balaban J connectivity index is 2.16. The third-order valence-electron chi connectivity index (χ3n) is 7.23. The van der Waals surface area contributed by atoms with E-state index in [-0.39, 0.29) is 12.3 Å². The van der Waals surface area contributed by atoms with E-state index in [1.807, 2.05) is 82.4 Å². The highest BCUT2D eigenvalue weighted by molar-refractivity contribution is 5.86. The predicted octanol–water partition coefficient (Wildman–Crippen LogP) is 7.10. The number of ether oxygens (including phenoxy) is 1. The molecule has 3 aromatic rings. The molecule has 1 atom stereocenters. The average Bonchev–Trinajstić information content (AvgIpc) is 3.42. The molecular weight excluding hydrogens is 536 g/mol. The Morgan fingerprint density at radius 3 is 2.07 bits per heavy atom. The number of carbonyl (C=O) groups excluding carboxylic acids is 2. The third-order valence-corrected chi connectivity index (χ3v) is 7.23. The van der Waals surface area contributed by atoms with Crippen LogP contribution in [0, 0.1) is 0 Å². The maximum atomic E-state index is 13.5. The van der Waals surface area contributed by atoms with Crippen molar-refractivity contribution in [1.29, 1.82) is 0 Å². The molecule has 0 saturated carbocycles. The number of alkyl carbamates (subject to hydrolysis) is 1. The van der Waals surface area contributed by atoms with Crippen molar-refractivity contribution in [3.05, 3.63) is 126 Å². The molecule has 0 radical (unpaired) electrons. The molecule has 2 N–H and O–H groups in total. The van der Waals surface area contributed by atoms with Crippen molar-refractivity contribution < 1.29 is 14.3 Å². The van der Waals surface area contributed by atoms with Crippen molar-refractivity contribution in [3.8, 4) is 0 Å². The summed E-state index contributed by atoms with van der Waals surface area (Å²) in [7, 11) is 0. The van der Waals surface area contributed by atoms with Gasteiger partial charge in [0, 0.05) is 18.2 Å². The maximum absolute atomic E-state index is 13.5. The first kappa shape index (κ1) is 33.1. The standard InChI is InChI=1S/C36H46N4O3/c1-9-18-27(19-10-2)36(28-20-14-12-15-21-28,29-22-16-13-17-23-29)40-25-30(37-26-40)24-31(32(41)39-35(7,8)11-3)38-33(42)43-34(4,5)6/h9-10,12-23,25-26,31H,1,11,24H2,2-8H3,(H,38,42)(H,39,41)/b19-10-,27-18+. The normalized spacial score (nSPS) is 13.4. The molecule has 43 heavy (non-hydrogen) atoms. The summed E-state index contributed by atoms with van der Waals surface area (Å²) in [6.45, 7) is 17.3. The lowest BCUT2D eigenvalue weighted by Gasteiger charge is -2.38. The molecule has 0 aliphatic rings. The van der Waals surface area contributed by atoms with E-state index >= 15 is 0 Å². The molecule has 0 aliphatic carbocycles. The first-order valence-electron chi connectivity index (χ1n) is 14.8. The first-order chi connectivity index (χ1) is 20.4. The van der Waals surface area contributed by atoms with Gasteiger partial charge in [-0.3, -0.25) is 4.79 Å². The van der Waals surface area contributed by atoms with E-state index < -0.39 is 28.8 Å². The second-order valence-corrected chi connectivity index (χ2v) is 12.2. The Labute approximate surface area is 256 Å². The van der Waals surface area contributed by atoms with Crippen LogP contribution in [-0.2, 0) is 21.5 Å². The summed E-state index contributed by atoms with van der Waals surface area (Å²) in [5.74, 6) is -0.300. The zero-order chi connectivity index (χ0) is 31.7. The van der Waals surface area contributed by atoms with Crippen LogP contribution in [0.25, 0.3) is 0 Å². The third kappa shape index (κ3) is 8.34. The van der Waals surface area contributed by atoms with E-state index in [4.69, 9.17) is 9.72 Å². The second-order valence-electron chi connectivity index (χ2n) is 12.2. The summed E-state index contributed by atoms with van der Waals surface area (Å²) >= 11 is 0. The SMILES string of the molecule is C=C/C=C(\C=C/C)C(c1ccccc1)(c1ccccc1)n1cnc(CC(NC(=O)OC(C)(C)C)C(=O)NC(C)(C)CC)c1. The molecule has 0 saturated heterocycles. The molecule has 3 rings (SSSR count). The van der Waals surface area contributed by atoms with Crippen molar-refractivity contribution in [1.82, 2.24) is 20.2 Å². The summed E-state index contributed by atoms with van der Waals surface area (Å²) in [6.07, 6.45) is 11.9. The van der Waals surface area contributed by atoms with Crippen LogP contribution in [0.4, 0.5) is 4.79 Å². The summed E-state index contributed by atoms with van der Waals surface area (Å²) in [6, 6.07) is 19.6. The quantitative estimate of drug-likeness (QED) is 0.223. The summed E-state index contributed by atoms with van der Waals surface area (Å²) < 4.78 is 7.56. The van der Waals surface area contributed by atoms with Crippen LogP contribution < -0.4 is 10.6 Å². The number of hydrogen-bond donors (Lipinski definition) is 2. The van der Waals surface area contributed by atoms with Crippen molar-refractivity contribution in [2.75, 3.05) is 0 Å². The molecule has 0 aliphatic heterocycles.